The van der Waals surface area contributed by atoms with Crippen LogP contribution in [-0.4, -0.2) is 17.9 Å². The van der Waals surface area contributed by atoms with Gasteiger partial charge in [0.25, 0.3) is 0 Å². The van der Waals surface area contributed by atoms with Crippen molar-refractivity contribution in [3.8, 4) is 0 Å². The number of hydrogen-bond donors (Lipinski definition) is 2. The molecule has 1 aliphatic rings. The van der Waals surface area contributed by atoms with Crippen molar-refractivity contribution >= 4 is 11.7 Å². The van der Waals surface area contributed by atoms with E-state index in [0.717, 1.165) is 5.56 Å². The first kappa shape index (κ1) is 8.69. The number of nitrogens with one attached hydrogen (secondary N) is 1. The Hall–Kier alpha value is -1.90. The van der Waals surface area contributed by atoms with Gasteiger partial charge < -0.3 is 5.32 Å². The third-order valence-corrected chi connectivity index (χ3v) is 1.95. The van der Waals surface area contributed by atoms with Crippen molar-refractivity contribution in [1.82, 2.24) is 5.32 Å². The van der Waals surface area contributed by atoms with Gasteiger partial charge in [-0.1, -0.05) is 30.3 Å². The fourth-order valence-corrected chi connectivity index (χ4v) is 1.34. The zero-order valence-corrected chi connectivity index (χ0v) is 7.40. The van der Waals surface area contributed by atoms with E-state index in [0.29, 0.717) is 11.4 Å². The Balaban J connectivity index is 2.44. The molecule has 0 radical (unpaired) electrons. The number of nitrogens with two attached hydrogens (primary N) is 1. The molecule has 14 heavy (non-hydrogen) atoms. The van der Waals surface area contributed by atoms with E-state index in [-0.39, 0.29) is 0 Å². The Morgan fingerprint density at radius 2 is 2.07 bits per heavy atom. The molecule has 0 bridgehead atoms. The van der Waals surface area contributed by atoms with E-state index in [1.165, 1.54) is 0 Å². The van der Waals surface area contributed by atoms with E-state index < -0.39 is 6.29 Å². The van der Waals surface area contributed by atoms with Gasteiger partial charge in [-0.3, -0.25) is 5.73 Å². The van der Waals surface area contributed by atoms with Crippen LogP contribution in [-0.2, 0) is 4.79 Å². The van der Waals surface area contributed by atoms with Gasteiger partial charge in [0, 0.05) is 5.56 Å². The molecule has 0 fully saturated rings. The molecule has 1 atom stereocenters. The highest BCUT2D eigenvalue weighted by Gasteiger charge is 2.20. The van der Waals surface area contributed by atoms with Crippen molar-refractivity contribution in [3.63, 3.8) is 0 Å². The van der Waals surface area contributed by atoms with Crippen LogP contribution in [0.15, 0.2) is 41.0 Å². The van der Waals surface area contributed by atoms with Gasteiger partial charge in [0.1, 0.15) is 11.4 Å². The number of rotatable bonds is 1. The molecular weight excluding hydrogens is 178 g/mol. The van der Waals surface area contributed by atoms with E-state index in [9.17, 15) is 4.79 Å². The lowest BCUT2D eigenvalue weighted by Crippen LogP contribution is -2.30. The van der Waals surface area contributed by atoms with Gasteiger partial charge in [0.2, 0.25) is 0 Å². The minimum absolute atomic E-state index is 0.323. The number of benzene rings is 1. The molecule has 0 saturated carbocycles. The van der Waals surface area contributed by atoms with Crippen LogP contribution < -0.4 is 11.1 Å². The summed E-state index contributed by atoms with van der Waals surface area (Å²) in [6.45, 7) is 0. The minimum atomic E-state index is -0.540. The topological polar surface area (TPSA) is 67.5 Å². The van der Waals surface area contributed by atoms with Gasteiger partial charge in [-0.25, -0.2) is 9.79 Å². The maximum atomic E-state index is 10.6. The molecule has 1 aromatic rings. The molecular formula is C10H9N3O. The van der Waals surface area contributed by atoms with Crippen LogP contribution in [0.25, 0.3) is 0 Å². The smallest absolute Gasteiger partial charge is 0.172 e. The lowest BCUT2D eigenvalue weighted by molar-refractivity contribution is 0.564. The molecule has 2 rings (SSSR count). The van der Waals surface area contributed by atoms with Gasteiger partial charge in [0.15, 0.2) is 12.2 Å². The van der Waals surface area contributed by atoms with Crippen molar-refractivity contribution in [2.24, 2.45) is 10.7 Å². The first-order valence-electron chi connectivity index (χ1n) is 4.22. The summed E-state index contributed by atoms with van der Waals surface area (Å²) in [5, 5.41) is 2.72. The van der Waals surface area contributed by atoms with E-state index in [1.807, 2.05) is 30.3 Å². The molecule has 1 heterocycles. The second-order valence-corrected chi connectivity index (χ2v) is 2.91. The second kappa shape index (κ2) is 3.46. The van der Waals surface area contributed by atoms with Crippen LogP contribution >= 0.6 is 0 Å². The third kappa shape index (κ3) is 1.44. The van der Waals surface area contributed by atoms with Crippen LogP contribution in [0.5, 0.6) is 0 Å². The van der Waals surface area contributed by atoms with Crippen molar-refractivity contribution in [1.29, 1.82) is 0 Å². The van der Waals surface area contributed by atoms with Crippen LogP contribution in [0.4, 0.5) is 0 Å². The van der Waals surface area contributed by atoms with Gasteiger partial charge in [-0.05, 0) is 0 Å². The molecule has 4 heteroatoms. The van der Waals surface area contributed by atoms with Gasteiger partial charge in [-0.15, -0.1) is 0 Å². The van der Waals surface area contributed by atoms with E-state index >= 15 is 0 Å². The summed E-state index contributed by atoms with van der Waals surface area (Å²) >= 11 is 0. The summed E-state index contributed by atoms with van der Waals surface area (Å²) in [7, 11) is 0. The maximum Gasteiger partial charge on any atom is 0.172 e. The van der Waals surface area contributed by atoms with Crippen LogP contribution in [0.1, 0.15) is 5.56 Å². The summed E-state index contributed by atoms with van der Waals surface area (Å²) in [4.78, 5) is 14.7. The largest absolute Gasteiger partial charge is 0.341 e. The standard InChI is InChI=1S/C10H9N3O/c11-10-12-8(6-14)9(13-10)7-4-2-1-3-5-7/h1-5,10,12H,11H2. The normalized spacial score (nSPS) is 19.9. The number of hydrogen-bond acceptors (Lipinski definition) is 4. The van der Waals surface area contributed by atoms with Gasteiger partial charge in [-0.2, -0.15) is 0 Å². The zero-order valence-electron chi connectivity index (χ0n) is 7.40. The fraction of sp³-hybridized carbons (Fsp3) is 0.100. The summed E-state index contributed by atoms with van der Waals surface area (Å²) in [6.07, 6.45) is -0.540. The summed E-state index contributed by atoms with van der Waals surface area (Å²) < 4.78 is 0. The maximum absolute atomic E-state index is 10.6. The highest BCUT2D eigenvalue weighted by molar-refractivity contribution is 6.17. The lowest BCUT2D eigenvalue weighted by Gasteiger charge is -1.99. The van der Waals surface area contributed by atoms with Crippen LogP contribution in [0.3, 0.4) is 0 Å². The fourth-order valence-electron chi connectivity index (χ4n) is 1.34. The summed E-state index contributed by atoms with van der Waals surface area (Å²) in [6, 6.07) is 9.40. The molecule has 0 aromatic heterocycles. The molecule has 0 aliphatic carbocycles. The molecule has 0 amide bonds. The number of carbonyl (C=O) groups excluding carboxylic acids is 1. The van der Waals surface area contributed by atoms with Crippen molar-refractivity contribution < 1.29 is 4.79 Å². The Kier molecular flexibility index (Phi) is 2.14. The number of allylic oxidation sites excluding steroid dienone is 1. The molecule has 3 N–H and O–H groups in total. The zero-order chi connectivity index (χ0) is 9.97. The van der Waals surface area contributed by atoms with E-state index in [1.54, 1.807) is 5.94 Å². The minimum Gasteiger partial charge on any atom is -0.341 e. The Morgan fingerprint density at radius 3 is 2.71 bits per heavy atom. The molecule has 1 unspecified atom stereocenters. The van der Waals surface area contributed by atoms with E-state index in [4.69, 9.17) is 5.73 Å². The quantitative estimate of drug-likeness (QED) is 0.610. The van der Waals surface area contributed by atoms with Crippen molar-refractivity contribution in [2.75, 3.05) is 0 Å². The lowest BCUT2D eigenvalue weighted by atomic mass is 10.1. The molecule has 0 spiro atoms. The number of aliphatic imine (C=N–C) groups is 1. The predicted octanol–water partition coefficient (Wildman–Crippen LogP) is 0.0367. The molecule has 70 valence electrons. The molecule has 1 aliphatic heterocycles. The summed E-state index contributed by atoms with van der Waals surface area (Å²) in [5.74, 6) is 1.79. The van der Waals surface area contributed by atoms with E-state index in [2.05, 4.69) is 10.3 Å². The first-order chi connectivity index (χ1) is 6.81. The highest BCUT2D eigenvalue weighted by atomic mass is 16.1. The average Bonchev–Trinajstić information content (AvgIpc) is 2.61. The predicted molar refractivity (Wildman–Crippen MR) is 53.3 cm³/mol. The Bertz CT molecular complexity index is 418. The average molecular weight is 187 g/mol. The molecule has 1 aromatic carbocycles. The van der Waals surface area contributed by atoms with Crippen molar-refractivity contribution in [2.45, 2.75) is 6.29 Å². The second-order valence-electron chi connectivity index (χ2n) is 2.91. The first-order valence-corrected chi connectivity index (χ1v) is 4.22. The Morgan fingerprint density at radius 1 is 1.36 bits per heavy atom. The molecule has 4 nitrogen and oxygen atoms in total. The summed E-state index contributed by atoms with van der Waals surface area (Å²) in [5.41, 5.74) is 7.30. The molecule has 0 saturated heterocycles. The Labute approximate surface area is 81.1 Å². The third-order valence-electron chi connectivity index (χ3n) is 1.95. The van der Waals surface area contributed by atoms with Crippen LogP contribution in [0, 0.1) is 0 Å². The van der Waals surface area contributed by atoms with Gasteiger partial charge in [0.05, 0.1) is 0 Å². The number of nitrogens with zero attached hydrogens (tertiary/aromatic N) is 1. The monoisotopic (exact) mass is 187 g/mol. The van der Waals surface area contributed by atoms with Crippen LogP contribution in [0.2, 0.25) is 0 Å². The highest BCUT2D eigenvalue weighted by Crippen LogP contribution is 2.11. The van der Waals surface area contributed by atoms with Gasteiger partial charge >= 0.3 is 0 Å². The van der Waals surface area contributed by atoms with Crippen molar-refractivity contribution in [3.05, 3.63) is 41.6 Å². The SMILES string of the molecule is NC1N=C(c2ccccc2)C(=C=O)N1.